The van der Waals surface area contributed by atoms with Gasteiger partial charge in [-0.05, 0) is 36.8 Å². The smallest absolute Gasteiger partial charge is 0.303 e. The van der Waals surface area contributed by atoms with Crippen LogP contribution in [0.4, 0.5) is 5.69 Å². The molecule has 1 rings (SSSR count). The molecule has 0 aliphatic heterocycles. The van der Waals surface area contributed by atoms with Crippen molar-refractivity contribution in [3.63, 3.8) is 0 Å². The van der Waals surface area contributed by atoms with Crippen molar-refractivity contribution in [1.29, 1.82) is 5.26 Å². The van der Waals surface area contributed by atoms with Gasteiger partial charge in [-0.25, -0.2) is 4.98 Å². The summed E-state index contributed by atoms with van der Waals surface area (Å²) in [7, 11) is 0. The molecule has 1 unspecified atom stereocenters. The number of carbonyl (C=O) groups is 1. The first-order valence-corrected chi connectivity index (χ1v) is 6.84. The molecular weight excluding hydrogens is 254 g/mol. The topological polar surface area (TPSA) is 86.0 Å². The van der Waals surface area contributed by atoms with Crippen molar-refractivity contribution < 1.29 is 9.90 Å². The highest BCUT2D eigenvalue weighted by Crippen LogP contribution is 2.21. The Balaban J connectivity index is 2.39. The average Bonchev–Trinajstić information content (AvgIpc) is 2.42. The molecule has 2 N–H and O–H groups in total. The Labute approximate surface area is 119 Å². The maximum Gasteiger partial charge on any atom is 0.303 e. The monoisotopic (exact) mass is 275 g/mol. The minimum atomic E-state index is -0.736. The Morgan fingerprint density at radius 3 is 2.70 bits per heavy atom. The number of carboxylic acid groups (broad SMARTS) is 1. The number of pyridine rings is 1. The van der Waals surface area contributed by atoms with E-state index in [1.54, 1.807) is 12.3 Å². The van der Waals surface area contributed by atoms with E-state index in [4.69, 9.17) is 10.4 Å². The minimum absolute atomic E-state index is 0.223. The van der Waals surface area contributed by atoms with Crippen LogP contribution in [0.2, 0.25) is 0 Å². The fourth-order valence-electron chi connectivity index (χ4n) is 2.09. The second-order valence-corrected chi connectivity index (χ2v) is 5.20. The molecule has 0 aliphatic rings. The summed E-state index contributed by atoms with van der Waals surface area (Å²) in [6.07, 6.45) is 3.49. The van der Waals surface area contributed by atoms with E-state index >= 15 is 0 Å². The van der Waals surface area contributed by atoms with Crippen molar-refractivity contribution in [3.05, 3.63) is 24.0 Å². The van der Waals surface area contributed by atoms with Crippen molar-refractivity contribution in [3.8, 4) is 6.07 Å². The van der Waals surface area contributed by atoms with E-state index in [1.165, 1.54) is 0 Å². The van der Waals surface area contributed by atoms with Crippen molar-refractivity contribution in [2.24, 2.45) is 11.8 Å². The zero-order valence-electron chi connectivity index (χ0n) is 12.0. The van der Waals surface area contributed by atoms with Gasteiger partial charge in [0, 0.05) is 13.0 Å². The third-order valence-electron chi connectivity index (χ3n) is 3.39. The zero-order chi connectivity index (χ0) is 15.0. The summed E-state index contributed by atoms with van der Waals surface area (Å²) in [5.74, 6) is 0.125. The predicted molar refractivity (Wildman–Crippen MR) is 77.3 cm³/mol. The van der Waals surface area contributed by atoms with Gasteiger partial charge in [0.15, 0.2) is 0 Å². The van der Waals surface area contributed by atoms with Crippen molar-refractivity contribution in [1.82, 2.24) is 4.98 Å². The van der Waals surface area contributed by atoms with E-state index in [-0.39, 0.29) is 6.42 Å². The largest absolute Gasteiger partial charge is 0.481 e. The number of aliphatic carboxylic acids is 1. The lowest BCUT2D eigenvalue weighted by molar-refractivity contribution is -0.137. The first kappa shape index (κ1) is 16.0. The summed E-state index contributed by atoms with van der Waals surface area (Å²) in [5.41, 5.74) is 1.28. The van der Waals surface area contributed by atoms with Crippen LogP contribution in [0.3, 0.4) is 0 Å². The second-order valence-electron chi connectivity index (χ2n) is 5.20. The van der Waals surface area contributed by atoms with Gasteiger partial charge in [-0.1, -0.05) is 13.8 Å². The van der Waals surface area contributed by atoms with Gasteiger partial charge in [0.05, 0.1) is 11.9 Å². The predicted octanol–water partition coefficient (Wildman–Crippen LogP) is 2.89. The number of hydrogen-bond donors (Lipinski definition) is 2. The number of anilines is 1. The van der Waals surface area contributed by atoms with Crippen LogP contribution in [0.1, 0.15) is 38.8 Å². The lowest BCUT2D eigenvalue weighted by Crippen LogP contribution is -2.15. The number of nitrogens with zero attached hydrogens (tertiary/aromatic N) is 2. The van der Waals surface area contributed by atoms with Crippen molar-refractivity contribution in [2.45, 2.75) is 33.1 Å². The van der Waals surface area contributed by atoms with Gasteiger partial charge in [-0.2, -0.15) is 5.26 Å². The summed E-state index contributed by atoms with van der Waals surface area (Å²) < 4.78 is 0. The third-order valence-corrected chi connectivity index (χ3v) is 3.39. The summed E-state index contributed by atoms with van der Waals surface area (Å²) in [6, 6.07) is 5.48. The normalized spacial score (nSPS) is 11.9. The molecule has 5 nitrogen and oxygen atoms in total. The van der Waals surface area contributed by atoms with Crippen LogP contribution >= 0.6 is 0 Å². The van der Waals surface area contributed by atoms with E-state index < -0.39 is 5.97 Å². The van der Waals surface area contributed by atoms with Crippen LogP contribution in [0.15, 0.2) is 18.3 Å². The van der Waals surface area contributed by atoms with Gasteiger partial charge in [0.2, 0.25) is 0 Å². The fourth-order valence-corrected chi connectivity index (χ4v) is 2.09. The van der Waals surface area contributed by atoms with Crippen LogP contribution < -0.4 is 5.32 Å². The lowest BCUT2D eigenvalue weighted by Gasteiger charge is -2.20. The zero-order valence-corrected chi connectivity index (χ0v) is 12.0. The van der Waals surface area contributed by atoms with E-state index in [9.17, 15) is 4.79 Å². The molecule has 0 aromatic carbocycles. The lowest BCUT2D eigenvalue weighted by atomic mass is 9.88. The highest BCUT2D eigenvalue weighted by atomic mass is 16.4. The highest BCUT2D eigenvalue weighted by molar-refractivity contribution is 5.66. The molecule has 5 heteroatoms. The molecule has 0 radical (unpaired) electrons. The standard InChI is InChI=1S/C15H21N3O2/c1-11(2)12(3-6-15(19)20)7-8-17-14-5-4-13(9-16)18-10-14/h4-5,10-12,17H,3,6-8H2,1-2H3,(H,19,20). The molecule has 0 aliphatic carbocycles. The van der Waals surface area contributed by atoms with Gasteiger partial charge < -0.3 is 10.4 Å². The van der Waals surface area contributed by atoms with Gasteiger partial charge >= 0.3 is 5.97 Å². The Hall–Kier alpha value is -2.09. The number of nitrogens with one attached hydrogen (secondary N) is 1. The van der Waals surface area contributed by atoms with Gasteiger partial charge in [0.1, 0.15) is 11.8 Å². The molecule has 0 spiro atoms. The Morgan fingerprint density at radius 1 is 1.45 bits per heavy atom. The molecule has 0 saturated carbocycles. The Morgan fingerprint density at radius 2 is 2.20 bits per heavy atom. The number of carboxylic acids is 1. The maximum atomic E-state index is 10.6. The molecule has 1 heterocycles. The first-order chi connectivity index (χ1) is 9.52. The maximum absolute atomic E-state index is 10.6. The van der Waals surface area contributed by atoms with E-state index in [0.717, 1.165) is 18.7 Å². The molecule has 1 aromatic heterocycles. The van der Waals surface area contributed by atoms with Crippen LogP contribution in [0.5, 0.6) is 0 Å². The summed E-state index contributed by atoms with van der Waals surface area (Å²) in [6.45, 7) is 5.02. The minimum Gasteiger partial charge on any atom is -0.481 e. The van der Waals surface area contributed by atoms with Crippen LogP contribution in [-0.2, 0) is 4.79 Å². The summed E-state index contributed by atoms with van der Waals surface area (Å²) >= 11 is 0. The molecule has 0 fully saturated rings. The van der Waals surface area contributed by atoms with E-state index in [2.05, 4.69) is 24.1 Å². The highest BCUT2D eigenvalue weighted by Gasteiger charge is 2.14. The van der Waals surface area contributed by atoms with Crippen molar-refractivity contribution in [2.75, 3.05) is 11.9 Å². The SMILES string of the molecule is CC(C)C(CCNc1ccc(C#N)nc1)CCC(=O)O. The molecule has 0 saturated heterocycles. The number of aromatic nitrogens is 1. The summed E-state index contributed by atoms with van der Waals surface area (Å²) in [5, 5.41) is 20.7. The fraction of sp³-hybridized carbons (Fsp3) is 0.533. The van der Waals surface area contributed by atoms with Gasteiger partial charge in [-0.15, -0.1) is 0 Å². The Bertz CT molecular complexity index is 463. The molecule has 1 aromatic rings. The van der Waals surface area contributed by atoms with Gasteiger partial charge in [-0.3, -0.25) is 4.79 Å². The summed E-state index contributed by atoms with van der Waals surface area (Å²) in [4.78, 5) is 14.6. The van der Waals surface area contributed by atoms with Crippen LogP contribution in [-0.4, -0.2) is 22.6 Å². The molecule has 1 atom stereocenters. The van der Waals surface area contributed by atoms with Crippen molar-refractivity contribution >= 4 is 11.7 Å². The van der Waals surface area contributed by atoms with Crippen LogP contribution in [0.25, 0.3) is 0 Å². The van der Waals surface area contributed by atoms with E-state index in [0.29, 0.717) is 24.0 Å². The molecule has 20 heavy (non-hydrogen) atoms. The Kier molecular flexibility index (Phi) is 6.51. The average molecular weight is 275 g/mol. The quantitative estimate of drug-likeness (QED) is 0.761. The molecule has 0 bridgehead atoms. The molecule has 108 valence electrons. The number of hydrogen-bond acceptors (Lipinski definition) is 4. The molecule has 0 amide bonds. The third kappa shape index (κ3) is 5.70. The first-order valence-electron chi connectivity index (χ1n) is 6.84. The van der Waals surface area contributed by atoms with Crippen LogP contribution in [0, 0.1) is 23.2 Å². The van der Waals surface area contributed by atoms with E-state index in [1.807, 2.05) is 12.1 Å². The van der Waals surface area contributed by atoms with Gasteiger partial charge in [0.25, 0.3) is 0 Å². The number of nitriles is 1. The second kappa shape index (κ2) is 8.16. The molecular formula is C15H21N3O2. The number of rotatable bonds is 8.